The molecule has 352 valence electrons. The maximum atomic E-state index is 8.56. The first-order valence-corrected chi connectivity index (χ1v) is 41.2. The van der Waals surface area contributed by atoms with Crippen LogP contribution in [0.5, 0.6) is 0 Å². The Balaban J connectivity index is 0.952. The molecule has 10 rings (SSSR count). The molecular weight excluding hydrogens is 873 g/mol. The van der Waals surface area contributed by atoms with E-state index in [0.29, 0.717) is 11.1 Å². The van der Waals surface area contributed by atoms with E-state index in [1.54, 1.807) is 0 Å². The monoisotopic (exact) mass is 963 g/mol. The molecule has 8 bridgehead atoms. The molecule has 16 atom stereocenters. The molecular formula is C52H90O5Si6. The summed E-state index contributed by atoms with van der Waals surface area (Å²) in [4.78, 5) is 0. The Bertz CT molecular complexity index is 1420. The molecule has 6 fully saturated rings. The van der Waals surface area contributed by atoms with Gasteiger partial charge in [0, 0.05) is 11.1 Å². The maximum Gasteiger partial charge on any atom is 0.475 e. The van der Waals surface area contributed by atoms with Gasteiger partial charge in [0.2, 0.25) is 0 Å². The molecule has 5 nitrogen and oxygen atoms in total. The Morgan fingerprint density at radius 1 is 0.365 bits per heavy atom. The van der Waals surface area contributed by atoms with Gasteiger partial charge in [0.1, 0.15) is 0 Å². The van der Waals surface area contributed by atoms with Crippen LogP contribution in [-0.2, 0) is 20.6 Å². The van der Waals surface area contributed by atoms with Gasteiger partial charge < -0.3 is 20.6 Å². The molecule has 0 aromatic rings. The first-order chi connectivity index (χ1) is 30.7. The van der Waals surface area contributed by atoms with E-state index in [-0.39, 0.29) is 0 Å². The van der Waals surface area contributed by atoms with Crippen molar-refractivity contribution in [2.75, 3.05) is 0 Å². The summed E-state index contributed by atoms with van der Waals surface area (Å²) in [5.74, 6) is 10.0. The predicted octanol–water partition coefficient (Wildman–Crippen LogP) is 13.4. The Hall–Kier alpha value is 0.0613. The van der Waals surface area contributed by atoms with Gasteiger partial charge in [-0.15, -0.1) is 0 Å². The second-order valence-electron chi connectivity index (χ2n) is 24.2. The van der Waals surface area contributed by atoms with Gasteiger partial charge in [-0.2, -0.15) is 0 Å². The van der Waals surface area contributed by atoms with Crippen molar-refractivity contribution >= 4 is 53.8 Å². The molecule has 6 saturated carbocycles. The van der Waals surface area contributed by atoms with Crippen LogP contribution in [0.2, 0.25) is 61.4 Å². The summed E-state index contributed by atoms with van der Waals surface area (Å²) in [6.45, 7) is 10.2. The fraction of sp³-hybridized carbons (Fsp3) is 0.846. The molecule has 0 heterocycles. The third-order valence-corrected chi connectivity index (χ3v) is 41.1. The number of hydrogen-bond acceptors (Lipinski definition) is 5. The largest absolute Gasteiger partial charge is 0.475 e. The van der Waals surface area contributed by atoms with Crippen molar-refractivity contribution in [3.63, 3.8) is 0 Å². The van der Waals surface area contributed by atoms with Crippen molar-refractivity contribution in [1.29, 1.82) is 0 Å². The lowest BCUT2D eigenvalue weighted by atomic mass is 9.91. The molecule has 0 N–H and O–H groups in total. The highest BCUT2D eigenvalue weighted by Gasteiger charge is 2.62. The zero-order valence-electron chi connectivity index (χ0n) is 40.4. The Morgan fingerprint density at radius 2 is 0.635 bits per heavy atom. The highest BCUT2D eigenvalue weighted by Crippen LogP contribution is 2.52. The summed E-state index contributed by atoms with van der Waals surface area (Å²) in [5.41, 5.74) is 0.815. The van der Waals surface area contributed by atoms with Crippen LogP contribution in [0.1, 0.15) is 141 Å². The van der Waals surface area contributed by atoms with E-state index in [2.05, 4.69) is 74.8 Å². The Kier molecular flexibility index (Phi) is 15.6. The van der Waals surface area contributed by atoms with Crippen LogP contribution < -0.4 is 0 Å². The van der Waals surface area contributed by atoms with Crippen LogP contribution >= 0.6 is 0 Å². The number of hydrogen-bond donors (Lipinski definition) is 0. The maximum absolute atomic E-state index is 8.56. The van der Waals surface area contributed by atoms with Crippen molar-refractivity contribution in [2.45, 2.75) is 203 Å². The predicted molar refractivity (Wildman–Crippen MR) is 276 cm³/mol. The van der Waals surface area contributed by atoms with E-state index < -0.39 is 53.8 Å². The van der Waals surface area contributed by atoms with Gasteiger partial charge in [-0.1, -0.05) is 113 Å². The molecule has 0 aliphatic heterocycles. The highest BCUT2D eigenvalue weighted by atomic mass is 28.5. The van der Waals surface area contributed by atoms with Crippen molar-refractivity contribution in [3.05, 3.63) is 48.6 Å². The van der Waals surface area contributed by atoms with Crippen molar-refractivity contribution in [3.8, 4) is 0 Å². The van der Waals surface area contributed by atoms with Crippen LogP contribution in [0.4, 0.5) is 0 Å². The minimum atomic E-state index is -3.25. The fourth-order valence-corrected chi connectivity index (χ4v) is 42.5. The van der Waals surface area contributed by atoms with E-state index in [4.69, 9.17) is 20.6 Å². The Morgan fingerprint density at radius 3 is 0.857 bits per heavy atom. The standard InChI is InChI=1S/C52H90O5Si6/c1-58(27-23-47-35-39-15-19-43(47)31-39)53-62(51-11-7-5-8-12-51,54-59(2)28-24-48-36-40-16-20-44(48)32-40)57-63(52-13-9-6-10-14-52,55-60(3)29-25-49-37-41-17-21-45(49)33-41)56-61(4)30-26-50-38-42-18-22-46(50)34-42/h15-22,39-52,58-61H,5-14,23-38H2,1-4H3. The number of allylic oxidation sites excluding steroid dienone is 8. The normalized spacial score (nSPS) is 40.3. The van der Waals surface area contributed by atoms with Crippen LogP contribution in [0.25, 0.3) is 0 Å². The van der Waals surface area contributed by atoms with Crippen LogP contribution in [0.3, 0.4) is 0 Å². The summed E-state index contributed by atoms with van der Waals surface area (Å²) >= 11 is 0. The summed E-state index contributed by atoms with van der Waals surface area (Å²) in [5, 5.41) is 0. The van der Waals surface area contributed by atoms with E-state index in [0.717, 1.165) is 71.0 Å². The molecule has 11 heteroatoms. The molecule has 16 unspecified atom stereocenters. The molecule has 0 aromatic heterocycles. The zero-order valence-corrected chi connectivity index (χ0v) is 47.1. The second kappa shape index (κ2) is 21.0. The van der Waals surface area contributed by atoms with E-state index in [1.165, 1.54) is 165 Å². The quantitative estimate of drug-likeness (QED) is 0.0712. The molecule has 0 radical (unpaired) electrons. The molecule has 0 aromatic carbocycles. The van der Waals surface area contributed by atoms with E-state index in [9.17, 15) is 0 Å². The van der Waals surface area contributed by atoms with Crippen molar-refractivity contribution < 1.29 is 20.6 Å². The molecule has 0 spiro atoms. The van der Waals surface area contributed by atoms with Gasteiger partial charge in [-0.3, -0.25) is 0 Å². The summed E-state index contributed by atoms with van der Waals surface area (Å²) in [7, 11) is -13.1. The zero-order chi connectivity index (χ0) is 43.0. The number of rotatable bonds is 24. The molecule has 0 amide bonds. The van der Waals surface area contributed by atoms with Gasteiger partial charge in [0.05, 0.1) is 0 Å². The lowest BCUT2D eigenvalue weighted by Crippen LogP contribution is -2.67. The van der Waals surface area contributed by atoms with Gasteiger partial charge in [0.15, 0.2) is 36.2 Å². The van der Waals surface area contributed by atoms with Gasteiger partial charge >= 0.3 is 17.6 Å². The average Bonchev–Trinajstić information content (AvgIpc) is 4.17. The summed E-state index contributed by atoms with van der Waals surface area (Å²) < 4.78 is 40.9. The lowest BCUT2D eigenvalue weighted by Gasteiger charge is -2.50. The van der Waals surface area contributed by atoms with Gasteiger partial charge in [0.25, 0.3) is 0 Å². The van der Waals surface area contributed by atoms with E-state index >= 15 is 0 Å². The van der Waals surface area contributed by atoms with Crippen molar-refractivity contribution in [1.82, 2.24) is 0 Å². The first-order valence-electron chi connectivity index (χ1n) is 27.8. The topological polar surface area (TPSA) is 46.2 Å². The summed E-state index contributed by atoms with van der Waals surface area (Å²) in [6, 6.07) is 5.04. The lowest BCUT2D eigenvalue weighted by molar-refractivity contribution is 0.147. The molecule has 10 aliphatic rings. The fourth-order valence-electron chi connectivity index (χ4n) is 15.9. The van der Waals surface area contributed by atoms with Gasteiger partial charge in [-0.25, -0.2) is 0 Å². The SMILES string of the molecule is C[SiH](CCC1CC2C=CC1C2)O[Si](O[SiH](C)CCC1CC2C=CC1C2)(O[Si](O[SiH](C)CCC1CC2C=CC1C2)(O[SiH](C)CCC1CC2C=CC1C2)C1CCCCC1)C1CCCCC1. The van der Waals surface area contributed by atoms with Crippen LogP contribution in [-0.4, -0.2) is 53.8 Å². The third kappa shape index (κ3) is 11.1. The van der Waals surface area contributed by atoms with E-state index in [1.807, 2.05) is 0 Å². The van der Waals surface area contributed by atoms with Crippen LogP contribution in [0.15, 0.2) is 48.6 Å². The smallest absolute Gasteiger partial charge is 0.419 e. The molecule has 10 aliphatic carbocycles. The van der Waals surface area contributed by atoms with Crippen LogP contribution in [0, 0.1) is 71.0 Å². The summed E-state index contributed by atoms with van der Waals surface area (Å²) in [6.07, 6.45) is 49.7. The highest BCUT2D eigenvalue weighted by molar-refractivity contribution is 6.87. The first kappa shape index (κ1) is 46.8. The minimum absolute atomic E-state index is 0.408. The third-order valence-electron chi connectivity index (χ3n) is 19.4. The molecule has 0 saturated heterocycles. The van der Waals surface area contributed by atoms with Gasteiger partial charge in [-0.05, 0) is 198 Å². The second-order valence-corrected chi connectivity index (χ2v) is 41.6. The minimum Gasteiger partial charge on any atom is -0.419 e. The Labute approximate surface area is 394 Å². The average molecular weight is 964 g/mol. The molecule has 63 heavy (non-hydrogen) atoms. The van der Waals surface area contributed by atoms with Crippen molar-refractivity contribution in [2.24, 2.45) is 71.0 Å². The number of fused-ring (bicyclic) bond motifs is 8.